The number of halogens is 2. The van der Waals surface area contributed by atoms with Crippen LogP contribution in [0.5, 0.6) is 5.75 Å². The molecule has 166 valence electrons. The van der Waals surface area contributed by atoms with E-state index in [9.17, 15) is 9.18 Å². The largest absolute Gasteiger partial charge is 0.410 e. The molecule has 2 heterocycles. The third-order valence-corrected chi connectivity index (χ3v) is 4.93. The Morgan fingerprint density at radius 1 is 1.16 bits per heavy atom. The summed E-state index contributed by atoms with van der Waals surface area (Å²) < 4.78 is 23.7. The number of ether oxygens (including phenoxy) is 2. The monoisotopic (exact) mass is 458 g/mol. The molecular formula is C21H20ClFN6O3. The first kappa shape index (κ1) is 21.6. The Kier molecular flexibility index (Phi) is 6.52. The molecule has 1 aromatic heterocycles. The van der Waals surface area contributed by atoms with Crippen LogP contribution in [0, 0.1) is 5.82 Å². The van der Waals surface area contributed by atoms with E-state index in [2.05, 4.69) is 25.5 Å². The second-order valence-electron chi connectivity index (χ2n) is 6.85. The number of aromatic nitrogens is 2. The fourth-order valence-electron chi connectivity index (χ4n) is 3.13. The van der Waals surface area contributed by atoms with E-state index in [-0.39, 0.29) is 22.5 Å². The highest BCUT2D eigenvalue weighted by Gasteiger charge is 2.16. The number of nitrogens with one attached hydrogen (secondary N) is 2. The van der Waals surface area contributed by atoms with Gasteiger partial charge < -0.3 is 30.7 Å². The van der Waals surface area contributed by atoms with E-state index in [0.29, 0.717) is 30.4 Å². The number of hydrogen-bond acceptors (Lipinski definition) is 8. The molecule has 1 aliphatic rings. The van der Waals surface area contributed by atoms with Gasteiger partial charge in [0.25, 0.3) is 0 Å². The fourth-order valence-corrected chi connectivity index (χ4v) is 3.27. The number of benzene rings is 2. The summed E-state index contributed by atoms with van der Waals surface area (Å²) in [4.78, 5) is 22.1. The molecule has 1 fully saturated rings. The quantitative estimate of drug-likeness (QED) is 0.506. The highest BCUT2D eigenvalue weighted by molar-refractivity contribution is 6.32. The van der Waals surface area contributed by atoms with Crippen LogP contribution in [-0.4, -0.2) is 42.4 Å². The number of morpholine rings is 1. The summed E-state index contributed by atoms with van der Waals surface area (Å²) in [6.45, 7) is 2.69. The Morgan fingerprint density at radius 2 is 1.91 bits per heavy atom. The van der Waals surface area contributed by atoms with Gasteiger partial charge in [0.1, 0.15) is 10.8 Å². The highest BCUT2D eigenvalue weighted by atomic mass is 35.5. The summed E-state index contributed by atoms with van der Waals surface area (Å²) in [5.41, 5.74) is 7.16. The number of rotatable bonds is 6. The van der Waals surface area contributed by atoms with Crippen molar-refractivity contribution >= 4 is 46.5 Å². The van der Waals surface area contributed by atoms with Gasteiger partial charge in [0, 0.05) is 30.5 Å². The van der Waals surface area contributed by atoms with Crippen LogP contribution in [-0.2, 0) is 4.74 Å². The van der Waals surface area contributed by atoms with Crippen LogP contribution >= 0.6 is 11.6 Å². The zero-order valence-corrected chi connectivity index (χ0v) is 17.6. The minimum atomic E-state index is -0.942. The molecule has 4 rings (SSSR count). The summed E-state index contributed by atoms with van der Waals surface area (Å²) in [6, 6.07) is 11.1. The standard InChI is InChI=1S/C21H20ClFN6O3/c22-16-12-25-21(28-19(16)26-14-3-1-13(23)2-4-14)27-17-6-5-15(11-18(17)32-20(24)30)29-7-9-31-10-8-29/h1-6,11-12H,7-10H2,(H2,24,30)(H2,25,26,27,28). The summed E-state index contributed by atoms with van der Waals surface area (Å²) in [5, 5.41) is 6.30. The maximum Gasteiger partial charge on any atom is 0.410 e. The van der Waals surface area contributed by atoms with Crippen molar-refractivity contribution < 1.29 is 18.7 Å². The number of primary amides is 1. The van der Waals surface area contributed by atoms with E-state index < -0.39 is 6.09 Å². The molecule has 4 N–H and O–H groups in total. The molecule has 32 heavy (non-hydrogen) atoms. The molecule has 0 spiro atoms. The number of anilines is 5. The maximum absolute atomic E-state index is 13.1. The summed E-state index contributed by atoms with van der Waals surface area (Å²) in [6.07, 6.45) is 0.474. The number of hydrogen-bond donors (Lipinski definition) is 3. The zero-order chi connectivity index (χ0) is 22.5. The van der Waals surface area contributed by atoms with Crippen LogP contribution in [0.3, 0.4) is 0 Å². The molecule has 11 heteroatoms. The van der Waals surface area contributed by atoms with Gasteiger partial charge in [-0.25, -0.2) is 14.2 Å². The lowest BCUT2D eigenvalue weighted by Gasteiger charge is -2.29. The molecule has 0 radical (unpaired) electrons. The molecule has 2 aromatic carbocycles. The molecule has 3 aromatic rings. The van der Waals surface area contributed by atoms with E-state index in [0.717, 1.165) is 18.8 Å². The minimum absolute atomic E-state index is 0.201. The first-order valence-electron chi connectivity index (χ1n) is 9.74. The molecule has 0 unspecified atom stereocenters. The van der Waals surface area contributed by atoms with Crippen molar-refractivity contribution in [3.05, 3.63) is 59.5 Å². The van der Waals surface area contributed by atoms with Crippen molar-refractivity contribution in [2.24, 2.45) is 5.73 Å². The first-order valence-corrected chi connectivity index (χ1v) is 10.1. The summed E-state index contributed by atoms with van der Waals surface area (Å²) in [7, 11) is 0. The van der Waals surface area contributed by atoms with Crippen molar-refractivity contribution in [1.82, 2.24) is 9.97 Å². The van der Waals surface area contributed by atoms with Gasteiger partial charge in [-0.1, -0.05) is 11.6 Å². The van der Waals surface area contributed by atoms with Gasteiger partial charge in [0.2, 0.25) is 5.95 Å². The molecule has 9 nitrogen and oxygen atoms in total. The normalized spacial score (nSPS) is 13.5. The van der Waals surface area contributed by atoms with Gasteiger partial charge in [-0.05, 0) is 36.4 Å². The number of amides is 1. The molecule has 1 amide bonds. The predicted molar refractivity (Wildman–Crippen MR) is 120 cm³/mol. The fraction of sp³-hybridized carbons (Fsp3) is 0.190. The Balaban J connectivity index is 1.58. The first-order chi connectivity index (χ1) is 15.5. The molecule has 1 aliphatic heterocycles. The molecule has 0 aliphatic carbocycles. The van der Waals surface area contributed by atoms with Crippen LogP contribution in [0.25, 0.3) is 0 Å². The van der Waals surface area contributed by atoms with E-state index in [1.54, 1.807) is 24.3 Å². The topological polar surface area (TPSA) is 115 Å². The van der Waals surface area contributed by atoms with E-state index >= 15 is 0 Å². The Morgan fingerprint density at radius 3 is 2.62 bits per heavy atom. The van der Waals surface area contributed by atoms with Crippen molar-refractivity contribution in [3.8, 4) is 5.75 Å². The average Bonchev–Trinajstić information content (AvgIpc) is 2.79. The Labute approximate surface area is 188 Å². The predicted octanol–water partition coefficient (Wildman–Crippen LogP) is 4.05. The van der Waals surface area contributed by atoms with Gasteiger partial charge in [-0.15, -0.1) is 0 Å². The lowest BCUT2D eigenvalue weighted by Crippen LogP contribution is -2.36. The maximum atomic E-state index is 13.1. The van der Waals surface area contributed by atoms with Crippen molar-refractivity contribution in [3.63, 3.8) is 0 Å². The molecule has 0 atom stereocenters. The molecule has 0 bridgehead atoms. The number of nitrogens with two attached hydrogens (primary N) is 1. The van der Waals surface area contributed by atoms with Gasteiger partial charge in [0.05, 0.1) is 25.1 Å². The van der Waals surface area contributed by atoms with E-state index in [4.69, 9.17) is 26.8 Å². The van der Waals surface area contributed by atoms with E-state index in [1.807, 2.05) is 6.07 Å². The van der Waals surface area contributed by atoms with Crippen molar-refractivity contribution in [1.29, 1.82) is 0 Å². The Bertz CT molecular complexity index is 1110. The van der Waals surface area contributed by atoms with Crippen LogP contribution in [0.2, 0.25) is 5.02 Å². The molecule has 0 saturated carbocycles. The lowest BCUT2D eigenvalue weighted by atomic mass is 10.2. The number of carbonyl (C=O) groups is 1. The van der Waals surface area contributed by atoms with Crippen LogP contribution in [0.1, 0.15) is 0 Å². The van der Waals surface area contributed by atoms with Gasteiger partial charge in [0.15, 0.2) is 11.6 Å². The van der Waals surface area contributed by atoms with Crippen LogP contribution < -0.4 is 26.0 Å². The number of nitrogens with zero attached hydrogens (tertiary/aromatic N) is 3. The minimum Gasteiger partial charge on any atom is -0.408 e. The SMILES string of the molecule is NC(=O)Oc1cc(N2CCOCC2)ccc1Nc1ncc(Cl)c(Nc2ccc(F)cc2)n1. The lowest BCUT2D eigenvalue weighted by molar-refractivity contribution is 0.122. The third-order valence-electron chi connectivity index (χ3n) is 4.65. The summed E-state index contributed by atoms with van der Waals surface area (Å²) >= 11 is 6.20. The zero-order valence-electron chi connectivity index (χ0n) is 16.8. The third kappa shape index (κ3) is 5.34. The molecule has 1 saturated heterocycles. The second-order valence-corrected chi connectivity index (χ2v) is 7.26. The van der Waals surface area contributed by atoms with Gasteiger partial charge >= 0.3 is 6.09 Å². The summed E-state index contributed by atoms with van der Waals surface area (Å²) in [5.74, 6) is 0.396. The van der Waals surface area contributed by atoms with Crippen LogP contribution in [0.15, 0.2) is 48.7 Å². The van der Waals surface area contributed by atoms with Gasteiger partial charge in [-0.3, -0.25) is 0 Å². The highest BCUT2D eigenvalue weighted by Crippen LogP contribution is 2.33. The van der Waals surface area contributed by atoms with Crippen LogP contribution in [0.4, 0.5) is 38.0 Å². The number of carbonyl (C=O) groups excluding carboxylic acids is 1. The smallest absolute Gasteiger partial charge is 0.408 e. The van der Waals surface area contributed by atoms with Gasteiger partial charge in [-0.2, -0.15) is 4.98 Å². The second kappa shape index (κ2) is 9.67. The van der Waals surface area contributed by atoms with Crippen molar-refractivity contribution in [2.75, 3.05) is 41.8 Å². The van der Waals surface area contributed by atoms with Crippen molar-refractivity contribution in [2.45, 2.75) is 0 Å². The van der Waals surface area contributed by atoms with E-state index in [1.165, 1.54) is 18.3 Å². The average molecular weight is 459 g/mol. The molecular weight excluding hydrogens is 439 g/mol. The Hall–Kier alpha value is -3.63.